The van der Waals surface area contributed by atoms with Gasteiger partial charge < -0.3 is 10.1 Å². The van der Waals surface area contributed by atoms with Crippen molar-refractivity contribution in [3.05, 3.63) is 35.4 Å². The maximum absolute atomic E-state index is 13.2. The number of halogens is 6. The van der Waals surface area contributed by atoms with Gasteiger partial charge in [-0.1, -0.05) is 12.1 Å². The highest BCUT2D eigenvalue weighted by Gasteiger charge is 2.59. The quantitative estimate of drug-likeness (QED) is 0.466. The number of carbonyl (C=O) groups is 1. The summed E-state index contributed by atoms with van der Waals surface area (Å²) in [5.41, 5.74) is 0.0209. The van der Waals surface area contributed by atoms with E-state index in [0.717, 1.165) is 37.1 Å². The zero-order chi connectivity index (χ0) is 19.5. The molecular weight excluding hydrogens is 366 g/mol. The molecule has 1 unspecified atom stereocenters. The lowest BCUT2D eigenvalue weighted by atomic mass is 10.1. The van der Waals surface area contributed by atoms with Gasteiger partial charge in [0.25, 0.3) is 12.1 Å². The Bertz CT molecular complexity index is 733. The van der Waals surface area contributed by atoms with E-state index in [-0.39, 0.29) is 17.2 Å². The molecule has 1 aliphatic rings. The second-order valence-corrected chi connectivity index (χ2v) is 5.55. The summed E-state index contributed by atoms with van der Waals surface area (Å²) in [6, 6.07) is 5.73. The van der Waals surface area contributed by atoms with E-state index >= 15 is 0 Å². The molecule has 0 spiro atoms. The highest BCUT2D eigenvalue weighted by molar-refractivity contribution is 6.01. The number of alkyl halides is 6. The zero-order valence-electron chi connectivity index (χ0n) is 13.0. The van der Waals surface area contributed by atoms with Crippen molar-refractivity contribution in [1.82, 2.24) is 5.32 Å². The zero-order valence-corrected chi connectivity index (χ0v) is 13.0. The molecule has 1 fully saturated rings. The number of nitrogens with zero attached hydrogens (tertiary/aromatic N) is 1. The maximum atomic E-state index is 13.2. The van der Waals surface area contributed by atoms with Crippen LogP contribution < -0.4 is 10.1 Å². The molecule has 4 nitrogen and oxygen atoms in total. The minimum absolute atomic E-state index is 0.0273. The fourth-order valence-electron chi connectivity index (χ4n) is 1.84. The average Bonchev–Trinajstić information content (AvgIpc) is 3.36. The summed E-state index contributed by atoms with van der Waals surface area (Å²) < 4.78 is 79.1. The molecule has 26 heavy (non-hydrogen) atoms. The topological polar surface area (TPSA) is 62.1 Å². The molecule has 0 bridgehead atoms. The van der Waals surface area contributed by atoms with Crippen molar-refractivity contribution in [2.45, 2.75) is 37.3 Å². The van der Waals surface area contributed by atoms with E-state index in [2.05, 4.69) is 10.1 Å². The molecule has 1 saturated carbocycles. The molecule has 1 aliphatic carbocycles. The van der Waals surface area contributed by atoms with Gasteiger partial charge in [0.05, 0.1) is 0 Å². The van der Waals surface area contributed by atoms with Crippen molar-refractivity contribution in [3.8, 4) is 11.8 Å². The van der Waals surface area contributed by atoms with Gasteiger partial charge in [0.1, 0.15) is 17.4 Å². The number of hydrogen-bond acceptors (Lipinski definition) is 3. The summed E-state index contributed by atoms with van der Waals surface area (Å²) in [6.45, 7) is 0. The van der Waals surface area contributed by atoms with Crippen LogP contribution in [0.2, 0.25) is 0 Å². The van der Waals surface area contributed by atoms with Crippen LogP contribution in [0.4, 0.5) is 26.3 Å². The summed E-state index contributed by atoms with van der Waals surface area (Å²) in [6.07, 6.45) is -12.5. The first kappa shape index (κ1) is 19.6. The second-order valence-electron chi connectivity index (χ2n) is 5.55. The van der Waals surface area contributed by atoms with Crippen molar-refractivity contribution in [1.29, 1.82) is 5.26 Å². The number of nitrogens with one attached hydrogen (secondary N) is 1. The van der Waals surface area contributed by atoms with Crippen LogP contribution in [0.3, 0.4) is 0 Å². The van der Waals surface area contributed by atoms with E-state index in [0.29, 0.717) is 0 Å². The lowest BCUT2D eigenvalue weighted by Gasteiger charge is -2.23. The van der Waals surface area contributed by atoms with E-state index in [9.17, 15) is 31.1 Å². The summed E-state index contributed by atoms with van der Waals surface area (Å²) >= 11 is 0. The van der Waals surface area contributed by atoms with E-state index in [4.69, 9.17) is 5.26 Å². The van der Waals surface area contributed by atoms with Gasteiger partial charge in [0, 0.05) is 6.04 Å². The molecule has 1 aromatic rings. The van der Waals surface area contributed by atoms with Gasteiger partial charge >= 0.3 is 12.3 Å². The standard InChI is InChI=1S/C16H12F6N2O2/c17-14(15(18,19)20)16(21,22)26-12-5-1-9(2-6-12)7-10(8-23)13(25)24-11-3-4-11/h1-2,5-7,11,14H,3-4H2,(H,24,25)/b10-7+. The summed E-state index contributed by atoms with van der Waals surface area (Å²) in [5.74, 6) is -1.30. The third kappa shape index (κ3) is 5.15. The fraction of sp³-hybridized carbons (Fsp3) is 0.375. The largest absolute Gasteiger partial charge is 0.439 e. The lowest BCUT2D eigenvalue weighted by Crippen LogP contribution is -2.45. The van der Waals surface area contributed by atoms with Crippen LogP contribution in [0.15, 0.2) is 29.8 Å². The van der Waals surface area contributed by atoms with Gasteiger partial charge in [-0.2, -0.15) is 27.2 Å². The van der Waals surface area contributed by atoms with Crippen LogP contribution in [0.5, 0.6) is 5.75 Å². The smallest absolute Gasteiger partial charge is 0.430 e. The number of nitriles is 1. The SMILES string of the molecule is N#C/C(=C\c1ccc(OC(F)(F)C(F)C(F)(F)F)cc1)C(=O)NC1CC1. The number of carbonyl (C=O) groups excluding carboxylic acids is 1. The first-order chi connectivity index (χ1) is 12.0. The Labute approximate surface area is 144 Å². The molecule has 2 rings (SSSR count). The molecule has 140 valence electrons. The number of amides is 1. The molecular formula is C16H12F6N2O2. The first-order valence-electron chi connectivity index (χ1n) is 7.33. The Hall–Kier alpha value is -2.70. The third-order valence-electron chi connectivity index (χ3n) is 3.31. The van der Waals surface area contributed by atoms with Crippen molar-refractivity contribution in [2.24, 2.45) is 0 Å². The summed E-state index contributed by atoms with van der Waals surface area (Å²) in [5, 5.41) is 11.6. The molecule has 1 aromatic carbocycles. The lowest BCUT2D eigenvalue weighted by molar-refractivity contribution is -0.304. The van der Waals surface area contributed by atoms with Crippen LogP contribution >= 0.6 is 0 Å². The minimum atomic E-state index is -5.78. The van der Waals surface area contributed by atoms with Crippen molar-refractivity contribution >= 4 is 12.0 Å². The summed E-state index contributed by atoms with van der Waals surface area (Å²) in [4.78, 5) is 11.8. The molecule has 0 radical (unpaired) electrons. The van der Waals surface area contributed by atoms with Crippen LogP contribution in [0.25, 0.3) is 6.08 Å². The maximum Gasteiger partial charge on any atom is 0.439 e. The average molecular weight is 378 g/mol. The Morgan fingerprint density at radius 2 is 1.81 bits per heavy atom. The van der Waals surface area contributed by atoms with E-state index in [1.165, 1.54) is 6.08 Å². The molecule has 1 N–H and O–H groups in total. The Balaban J connectivity index is 2.08. The second kappa shape index (κ2) is 7.27. The van der Waals surface area contributed by atoms with E-state index in [1.54, 1.807) is 6.07 Å². The molecule has 0 aliphatic heterocycles. The predicted octanol–water partition coefficient (Wildman–Crippen LogP) is 3.74. The molecule has 0 aromatic heterocycles. The minimum Gasteiger partial charge on any atom is -0.430 e. The first-order valence-corrected chi connectivity index (χ1v) is 7.33. The van der Waals surface area contributed by atoms with E-state index < -0.39 is 30.1 Å². The van der Waals surface area contributed by atoms with Crippen LogP contribution in [0, 0.1) is 11.3 Å². The molecule has 10 heteroatoms. The highest BCUT2D eigenvalue weighted by Crippen LogP contribution is 2.36. The van der Waals surface area contributed by atoms with E-state index in [1.807, 2.05) is 0 Å². The molecule has 1 atom stereocenters. The van der Waals surface area contributed by atoms with Gasteiger partial charge in [-0.15, -0.1) is 0 Å². The van der Waals surface area contributed by atoms with Gasteiger partial charge in [0.2, 0.25) is 0 Å². The Kier molecular flexibility index (Phi) is 5.49. The normalized spacial score (nSPS) is 16.6. The fourth-order valence-corrected chi connectivity index (χ4v) is 1.84. The molecule has 0 heterocycles. The Morgan fingerprint density at radius 1 is 1.23 bits per heavy atom. The molecule has 1 amide bonds. The van der Waals surface area contributed by atoms with Crippen LogP contribution in [-0.2, 0) is 4.79 Å². The Morgan fingerprint density at radius 3 is 2.27 bits per heavy atom. The number of rotatable bonds is 6. The van der Waals surface area contributed by atoms with Gasteiger partial charge in [0.15, 0.2) is 0 Å². The predicted molar refractivity (Wildman–Crippen MR) is 77.7 cm³/mol. The van der Waals surface area contributed by atoms with Gasteiger partial charge in [-0.25, -0.2) is 4.39 Å². The number of ether oxygens (including phenoxy) is 1. The number of hydrogen-bond donors (Lipinski definition) is 1. The monoisotopic (exact) mass is 378 g/mol. The van der Waals surface area contributed by atoms with Crippen LogP contribution in [0.1, 0.15) is 18.4 Å². The van der Waals surface area contributed by atoms with Crippen molar-refractivity contribution in [2.75, 3.05) is 0 Å². The van der Waals surface area contributed by atoms with Crippen LogP contribution in [-0.4, -0.2) is 30.4 Å². The van der Waals surface area contributed by atoms with Gasteiger partial charge in [-0.3, -0.25) is 4.79 Å². The summed E-state index contributed by atoms with van der Waals surface area (Å²) in [7, 11) is 0. The molecule has 0 saturated heterocycles. The van der Waals surface area contributed by atoms with Crippen molar-refractivity contribution in [3.63, 3.8) is 0 Å². The van der Waals surface area contributed by atoms with Crippen molar-refractivity contribution < 1.29 is 35.9 Å². The van der Waals surface area contributed by atoms with Gasteiger partial charge in [-0.05, 0) is 36.6 Å². The number of benzene rings is 1. The highest BCUT2D eigenvalue weighted by atomic mass is 19.4. The third-order valence-corrected chi connectivity index (χ3v) is 3.31.